The van der Waals surface area contributed by atoms with Crippen molar-refractivity contribution in [3.05, 3.63) is 59.7 Å². The minimum absolute atomic E-state index is 0.0589. The van der Waals surface area contributed by atoms with Gasteiger partial charge in [-0.15, -0.1) is 0 Å². The number of carbonyl (C=O) groups excluding carboxylic acids is 2. The van der Waals surface area contributed by atoms with Crippen molar-refractivity contribution in [1.82, 2.24) is 10.6 Å². The first-order chi connectivity index (χ1) is 15.9. The van der Waals surface area contributed by atoms with Crippen LogP contribution in [0.5, 0.6) is 0 Å². The predicted octanol–water partition coefficient (Wildman–Crippen LogP) is 4.21. The van der Waals surface area contributed by atoms with Crippen molar-refractivity contribution in [2.45, 2.75) is 62.9 Å². The van der Waals surface area contributed by atoms with E-state index in [-0.39, 0.29) is 24.9 Å². The fourth-order valence-electron chi connectivity index (χ4n) is 4.59. The van der Waals surface area contributed by atoms with E-state index in [4.69, 9.17) is 9.84 Å². The number of alkyl carbamates (subject to hydrolysis) is 1. The Morgan fingerprint density at radius 1 is 1.06 bits per heavy atom. The van der Waals surface area contributed by atoms with Gasteiger partial charge in [0.25, 0.3) is 0 Å². The molecule has 2 aromatic rings. The molecular weight excluding hydrogens is 420 g/mol. The highest BCUT2D eigenvalue weighted by atomic mass is 16.5. The molecule has 2 aromatic carbocycles. The van der Waals surface area contributed by atoms with Crippen LogP contribution in [0.4, 0.5) is 4.79 Å². The molecule has 2 aliphatic rings. The van der Waals surface area contributed by atoms with Crippen molar-refractivity contribution >= 4 is 18.0 Å². The lowest BCUT2D eigenvalue weighted by molar-refractivity contribution is -0.138. The third kappa shape index (κ3) is 5.18. The topological polar surface area (TPSA) is 105 Å². The number of carboxylic acid groups (broad SMARTS) is 1. The number of fused-ring (bicyclic) bond motifs is 3. The summed E-state index contributed by atoms with van der Waals surface area (Å²) in [6.45, 7) is 2.18. The number of nitrogens with one attached hydrogen (secondary N) is 2. The summed E-state index contributed by atoms with van der Waals surface area (Å²) >= 11 is 0. The maximum absolute atomic E-state index is 12.8. The highest BCUT2D eigenvalue weighted by Crippen LogP contribution is 2.44. The SMILES string of the molecule is CCCC[C@H](NC(=O)OCC1c2ccccc2-c2ccccc21)C(=O)NC1(CC(=O)O)CC1. The molecule has 7 nitrogen and oxygen atoms in total. The van der Waals surface area contributed by atoms with E-state index in [1.165, 1.54) is 0 Å². The summed E-state index contributed by atoms with van der Waals surface area (Å²) in [6, 6.07) is 15.5. The van der Waals surface area contributed by atoms with Crippen LogP contribution in [0.25, 0.3) is 11.1 Å². The van der Waals surface area contributed by atoms with Crippen molar-refractivity contribution < 1.29 is 24.2 Å². The zero-order chi connectivity index (χ0) is 23.4. The van der Waals surface area contributed by atoms with Gasteiger partial charge in [-0.3, -0.25) is 9.59 Å². The van der Waals surface area contributed by atoms with E-state index < -0.39 is 23.6 Å². The molecule has 0 aromatic heterocycles. The maximum atomic E-state index is 12.8. The molecule has 0 spiro atoms. The van der Waals surface area contributed by atoms with Crippen LogP contribution >= 0.6 is 0 Å². The fourth-order valence-corrected chi connectivity index (χ4v) is 4.59. The highest BCUT2D eigenvalue weighted by molar-refractivity contribution is 5.87. The number of carbonyl (C=O) groups is 3. The normalized spacial score (nSPS) is 16.3. The van der Waals surface area contributed by atoms with E-state index in [0.717, 1.165) is 35.1 Å². The molecule has 0 saturated heterocycles. The largest absolute Gasteiger partial charge is 0.481 e. The third-order valence-electron chi connectivity index (χ3n) is 6.53. The predicted molar refractivity (Wildman–Crippen MR) is 124 cm³/mol. The number of rotatable bonds is 10. The summed E-state index contributed by atoms with van der Waals surface area (Å²) in [5.74, 6) is -1.35. The van der Waals surface area contributed by atoms with E-state index >= 15 is 0 Å². The average molecular weight is 451 g/mol. The van der Waals surface area contributed by atoms with Gasteiger partial charge in [-0.1, -0.05) is 68.3 Å². The number of benzene rings is 2. The second kappa shape index (κ2) is 9.65. The number of carboxylic acids is 1. The highest BCUT2D eigenvalue weighted by Gasteiger charge is 2.46. The third-order valence-corrected chi connectivity index (χ3v) is 6.53. The molecule has 1 saturated carbocycles. The second-order valence-corrected chi connectivity index (χ2v) is 9.00. The number of unbranched alkanes of at least 4 members (excludes halogenated alkanes) is 1. The molecule has 0 unspecified atom stereocenters. The number of hydrogen-bond donors (Lipinski definition) is 3. The summed E-state index contributed by atoms with van der Waals surface area (Å²) in [7, 11) is 0. The Morgan fingerprint density at radius 2 is 1.67 bits per heavy atom. The smallest absolute Gasteiger partial charge is 0.407 e. The van der Waals surface area contributed by atoms with Gasteiger partial charge in [-0.25, -0.2) is 4.79 Å². The molecule has 2 aliphatic carbocycles. The molecule has 2 amide bonds. The summed E-state index contributed by atoms with van der Waals surface area (Å²) in [5, 5.41) is 14.7. The van der Waals surface area contributed by atoms with Gasteiger partial charge in [-0.2, -0.15) is 0 Å². The van der Waals surface area contributed by atoms with Crippen LogP contribution in [-0.4, -0.2) is 41.3 Å². The van der Waals surface area contributed by atoms with Crippen molar-refractivity contribution in [1.29, 1.82) is 0 Å². The Labute approximate surface area is 193 Å². The lowest BCUT2D eigenvalue weighted by atomic mass is 9.98. The number of aliphatic carboxylic acids is 1. The molecule has 4 rings (SSSR count). The molecule has 1 atom stereocenters. The van der Waals surface area contributed by atoms with Gasteiger partial charge in [0.05, 0.1) is 12.0 Å². The first-order valence-corrected chi connectivity index (χ1v) is 11.6. The molecule has 1 fully saturated rings. The molecule has 0 radical (unpaired) electrons. The van der Waals surface area contributed by atoms with E-state index in [1.54, 1.807) is 0 Å². The number of ether oxygens (including phenoxy) is 1. The van der Waals surface area contributed by atoms with Gasteiger partial charge < -0.3 is 20.5 Å². The molecule has 0 aliphatic heterocycles. The lowest BCUT2D eigenvalue weighted by Crippen LogP contribution is -2.51. The van der Waals surface area contributed by atoms with Crippen LogP contribution in [0.15, 0.2) is 48.5 Å². The fraction of sp³-hybridized carbons (Fsp3) is 0.423. The quantitative estimate of drug-likeness (QED) is 0.503. The van der Waals surface area contributed by atoms with E-state index in [0.29, 0.717) is 19.3 Å². The zero-order valence-electron chi connectivity index (χ0n) is 18.8. The van der Waals surface area contributed by atoms with Gasteiger partial charge in [0, 0.05) is 5.92 Å². The second-order valence-electron chi connectivity index (χ2n) is 9.00. The van der Waals surface area contributed by atoms with Gasteiger partial charge in [0.1, 0.15) is 12.6 Å². The monoisotopic (exact) mass is 450 g/mol. The van der Waals surface area contributed by atoms with Crippen molar-refractivity contribution in [2.75, 3.05) is 6.61 Å². The van der Waals surface area contributed by atoms with Crippen molar-refractivity contribution in [3.8, 4) is 11.1 Å². The van der Waals surface area contributed by atoms with E-state index in [9.17, 15) is 14.4 Å². The summed E-state index contributed by atoms with van der Waals surface area (Å²) < 4.78 is 5.59. The standard InChI is InChI=1S/C26H30N2O5/c1-2-3-12-22(24(31)28-26(13-14-26)15-23(29)30)27-25(32)33-16-21-19-10-6-4-8-17(19)18-9-5-7-11-20(18)21/h4-11,21-22H,2-3,12-16H2,1H3,(H,27,32)(H,28,31)(H,29,30)/t22-/m0/s1. The molecule has 7 heteroatoms. The Morgan fingerprint density at radius 3 is 2.21 bits per heavy atom. The molecular formula is C26H30N2O5. The van der Waals surface area contributed by atoms with E-state index in [1.807, 2.05) is 31.2 Å². The van der Waals surface area contributed by atoms with Gasteiger partial charge in [0.15, 0.2) is 0 Å². The minimum atomic E-state index is -0.942. The first kappa shape index (κ1) is 22.8. The van der Waals surface area contributed by atoms with E-state index in [2.05, 4.69) is 34.9 Å². The molecule has 174 valence electrons. The Balaban J connectivity index is 1.39. The first-order valence-electron chi connectivity index (χ1n) is 11.6. The van der Waals surface area contributed by atoms with Crippen LogP contribution in [0, 0.1) is 0 Å². The molecule has 3 N–H and O–H groups in total. The number of hydrogen-bond acceptors (Lipinski definition) is 4. The summed E-state index contributed by atoms with van der Waals surface area (Å²) in [6.07, 6.45) is 2.62. The molecule has 0 heterocycles. The lowest BCUT2D eigenvalue weighted by Gasteiger charge is -2.22. The van der Waals surface area contributed by atoms with Gasteiger partial charge in [0.2, 0.25) is 5.91 Å². The maximum Gasteiger partial charge on any atom is 0.407 e. The minimum Gasteiger partial charge on any atom is -0.481 e. The van der Waals surface area contributed by atoms with Crippen LogP contribution in [0.1, 0.15) is 62.5 Å². The molecule has 33 heavy (non-hydrogen) atoms. The Kier molecular flexibility index (Phi) is 6.67. The van der Waals surface area contributed by atoms with Gasteiger partial charge in [-0.05, 0) is 41.5 Å². The van der Waals surface area contributed by atoms with Gasteiger partial charge >= 0.3 is 12.1 Å². The molecule has 0 bridgehead atoms. The number of amides is 2. The average Bonchev–Trinajstić information content (AvgIpc) is 3.46. The van der Waals surface area contributed by atoms with Crippen LogP contribution in [0.3, 0.4) is 0 Å². The van der Waals surface area contributed by atoms with Crippen molar-refractivity contribution in [3.63, 3.8) is 0 Å². The Bertz CT molecular complexity index is 1000. The zero-order valence-corrected chi connectivity index (χ0v) is 18.8. The van der Waals surface area contributed by atoms with Crippen LogP contribution < -0.4 is 10.6 Å². The Hall–Kier alpha value is -3.35. The summed E-state index contributed by atoms with van der Waals surface area (Å²) in [4.78, 5) is 36.6. The van der Waals surface area contributed by atoms with Crippen molar-refractivity contribution in [2.24, 2.45) is 0 Å². The van der Waals surface area contributed by atoms with Crippen LogP contribution in [-0.2, 0) is 14.3 Å². The van der Waals surface area contributed by atoms with Crippen LogP contribution in [0.2, 0.25) is 0 Å². The summed E-state index contributed by atoms with van der Waals surface area (Å²) in [5.41, 5.74) is 3.86.